The van der Waals surface area contributed by atoms with E-state index in [1.54, 1.807) is 0 Å². The van der Waals surface area contributed by atoms with Crippen LogP contribution in [0.2, 0.25) is 0 Å². The molecule has 3 heteroatoms. The number of thiol groups is 1. The maximum atomic E-state index is 4.53. The van der Waals surface area contributed by atoms with Crippen LogP contribution in [0.4, 0.5) is 0 Å². The fourth-order valence-corrected chi connectivity index (χ4v) is 1.52. The van der Waals surface area contributed by atoms with E-state index in [0.29, 0.717) is 0 Å². The second-order valence-electron chi connectivity index (χ2n) is 4.72. The van der Waals surface area contributed by atoms with Crippen LogP contribution in [0.5, 0.6) is 0 Å². The molecule has 1 aromatic rings. The van der Waals surface area contributed by atoms with Crippen LogP contribution in [-0.4, -0.2) is 15.5 Å². The summed E-state index contributed by atoms with van der Waals surface area (Å²) in [6, 6.07) is 2.21. The SMILES string of the molecule is Cn1nc(C(C)(C)C)cc1CCCS. The normalized spacial score (nSPS) is 12.1. The minimum Gasteiger partial charge on any atom is -0.272 e. The summed E-state index contributed by atoms with van der Waals surface area (Å²) in [5, 5.41) is 4.53. The van der Waals surface area contributed by atoms with Crippen molar-refractivity contribution in [1.29, 1.82) is 0 Å². The third kappa shape index (κ3) is 2.77. The number of hydrogen-bond donors (Lipinski definition) is 1. The highest BCUT2D eigenvalue weighted by Crippen LogP contribution is 2.21. The van der Waals surface area contributed by atoms with Crippen molar-refractivity contribution in [3.8, 4) is 0 Å². The summed E-state index contributed by atoms with van der Waals surface area (Å²) < 4.78 is 1.99. The predicted octanol–water partition coefficient (Wildman–Crippen LogP) is 2.58. The second kappa shape index (κ2) is 4.39. The Labute approximate surface area is 92.1 Å². The molecular formula is C11H20N2S. The van der Waals surface area contributed by atoms with Gasteiger partial charge in [-0.05, 0) is 24.7 Å². The summed E-state index contributed by atoms with van der Waals surface area (Å²) in [5.41, 5.74) is 2.63. The maximum Gasteiger partial charge on any atom is 0.0680 e. The Kier molecular flexibility index (Phi) is 3.65. The summed E-state index contributed by atoms with van der Waals surface area (Å²) >= 11 is 4.22. The molecule has 0 amide bonds. The summed E-state index contributed by atoms with van der Waals surface area (Å²) in [7, 11) is 2.02. The fourth-order valence-electron chi connectivity index (χ4n) is 1.37. The Morgan fingerprint density at radius 1 is 1.43 bits per heavy atom. The van der Waals surface area contributed by atoms with Gasteiger partial charge in [-0.15, -0.1) is 0 Å². The molecule has 0 unspecified atom stereocenters. The quantitative estimate of drug-likeness (QED) is 0.762. The number of aromatic nitrogens is 2. The molecule has 2 nitrogen and oxygen atoms in total. The van der Waals surface area contributed by atoms with Crippen LogP contribution in [0.15, 0.2) is 6.07 Å². The van der Waals surface area contributed by atoms with Gasteiger partial charge in [-0.25, -0.2) is 0 Å². The molecule has 80 valence electrons. The van der Waals surface area contributed by atoms with Crippen LogP contribution in [0.25, 0.3) is 0 Å². The molecular weight excluding hydrogens is 192 g/mol. The van der Waals surface area contributed by atoms with Crippen LogP contribution >= 0.6 is 12.6 Å². The first kappa shape index (κ1) is 11.6. The molecule has 0 atom stereocenters. The Morgan fingerprint density at radius 2 is 2.07 bits per heavy atom. The van der Waals surface area contributed by atoms with E-state index in [1.165, 1.54) is 11.4 Å². The van der Waals surface area contributed by atoms with E-state index >= 15 is 0 Å². The van der Waals surface area contributed by atoms with Gasteiger partial charge in [-0.1, -0.05) is 20.8 Å². The zero-order valence-electron chi connectivity index (χ0n) is 9.54. The average Bonchev–Trinajstić information content (AvgIpc) is 2.43. The number of aryl methyl sites for hydroxylation is 2. The first-order chi connectivity index (χ1) is 6.45. The lowest BCUT2D eigenvalue weighted by Crippen LogP contribution is -2.12. The molecule has 0 spiro atoms. The first-order valence-electron chi connectivity index (χ1n) is 5.09. The molecule has 1 aromatic heterocycles. The molecule has 0 fully saturated rings. The average molecular weight is 212 g/mol. The van der Waals surface area contributed by atoms with Crippen molar-refractivity contribution in [2.45, 2.75) is 39.0 Å². The van der Waals surface area contributed by atoms with Crippen molar-refractivity contribution < 1.29 is 0 Å². The van der Waals surface area contributed by atoms with Crippen molar-refractivity contribution >= 4 is 12.6 Å². The van der Waals surface area contributed by atoms with E-state index in [2.05, 4.69) is 44.6 Å². The molecule has 1 heterocycles. The molecule has 0 radical (unpaired) electrons. The molecule has 0 aliphatic heterocycles. The highest BCUT2D eigenvalue weighted by molar-refractivity contribution is 7.80. The number of rotatable bonds is 3. The van der Waals surface area contributed by atoms with Crippen LogP contribution < -0.4 is 0 Å². The lowest BCUT2D eigenvalue weighted by atomic mass is 9.92. The van der Waals surface area contributed by atoms with Crippen LogP contribution in [0, 0.1) is 0 Å². The van der Waals surface area contributed by atoms with Crippen molar-refractivity contribution in [2.75, 3.05) is 5.75 Å². The van der Waals surface area contributed by atoms with Crippen molar-refractivity contribution in [2.24, 2.45) is 7.05 Å². The second-order valence-corrected chi connectivity index (χ2v) is 5.17. The minimum absolute atomic E-state index is 0.150. The highest BCUT2D eigenvalue weighted by Gasteiger charge is 2.18. The fraction of sp³-hybridized carbons (Fsp3) is 0.727. The minimum atomic E-state index is 0.150. The van der Waals surface area contributed by atoms with E-state index in [9.17, 15) is 0 Å². The molecule has 0 N–H and O–H groups in total. The van der Waals surface area contributed by atoms with E-state index < -0.39 is 0 Å². The van der Waals surface area contributed by atoms with Gasteiger partial charge in [-0.2, -0.15) is 17.7 Å². The summed E-state index contributed by atoms with van der Waals surface area (Å²) in [6.45, 7) is 6.58. The largest absolute Gasteiger partial charge is 0.272 e. The van der Waals surface area contributed by atoms with E-state index in [0.717, 1.165) is 18.6 Å². The Bertz CT molecular complexity index is 297. The lowest BCUT2D eigenvalue weighted by Gasteiger charge is -2.13. The zero-order chi connectivity index (χ0) is 10.8. The van der Waals surface area contributed by atoms with E-state index in [4.69, 9.17) is 0 Å². The molecule has 0 bridgehead atoms. The Hall–Kier alpha value is -0.440. The van der Waals surface area contributed by atoms with Gasteiger partial charge >= 0.3 is 0 Å². The van der Waals surface area contributed by atoms with E-state index in [-0.39, 0.29) is 5.41 Å². The summed E-state index contributed by atoms with van der Waals surface area (Å²) in [4.78, 5) is 0. The number of hydrogen-bond acceptors (Lipinski definition) is 2. The zero-order valence-corrected chi connectivity index (χ0v) is 10.4. The van der Waals surface area contributed by atoms with Crippen LogP contribution in [-0.2, 0) is 18.9 Å². The van der Waals surface area contributed by atoms with Crippen LogP contribution in [0.1, 0.15) is 38.6 Å². The third-order valence-electron chi connectivity index (χ3n) is 2.34. The summed E-state index contributed by atoms with van der Waals surface area (Å²) in [6.07, 6.45) is 2.19. The predicted molar refractivity (Wildman–Crippen MR) is 64.1 cm³/mol. The monoisotopic (exact) mass is 212 g/mol. The van der Waals surface area contributed by atoms with Crippen molar-refractivity contribution in [3.63, 3.8) is 0 Å². The topological polar surface area (TPSA) is 17.8 Å². The number of nitrogens with zero attached hydrogens (tertiary/aromatic N) is 2. The van der Waals surface area contributed by atoms with Gasteiger partial charge in [0.25, 0.3) is 0 Å². The summed E-state index contributed by atoms with van der Waals surface area (Å²) in [5.74, 6) is 0.941. The van der Waals surface area contributed by atoms with Gasteiger partial charge < -0.3 is 0 Å². The van der Waals surface area contributed by atoms with Gasteiger partial charge in [0.15, 0.2) is 0 Å². The van der Waals surface area contributed by atoms with Crippen molar-refractivity contribution in [3.05, 3.63) is 17.5 Å². The molecule has 0 saturated heterocycles. The molecule has 0 aliphatic rings. The molecule has 0 saturated carbocycles. The van der Waals surface area contributed by atoms with E-state index in [1.807, 2.05) is 11.7 Å². The molecule has 1 rings (SSSR count). The van der Waals surface area contributed by atoms with Gasteiger partial charge in [0.1, 0.15) is 0 Å². The van der Waals surface area contributed by atoms with Crippen molar-refractivity contribution in [1.82, 2.24) is 9.78 Å². The lowest BCUT2D eigenvalue weighted by molar-refractivity contribution is 0.551. The van der Waals surface area contributed by atoms with Gasteiger partial charge in [0, 0.05) is 18.2 Å². The highest BCUT2D eigenvalue weighted by atomic mass is 32.1. The van der Waals surface area contributed by atoms with Gasteiger partial charge in [-0.3, -0.25) is 4.68 Å². The van der Waals surface area contributed by atoms with Gasteiger partial charge in [0.2, 0.25) is 0 Å². The van der Waals surface area contributed by atoms with Crippen LogP contribution in [0.3, 0.4) is 0 Å². The molecule has 14 heavy (non-hydrogen) atoms. The Balaban J connectivity index is 2.82. The maximum absolute atomic E-state index is 4.53. The molecule has 0 aromatic carbocycles. The Morgan fingerprint density at radius 3 is 2.50 bits per heavy atom. The first-order valence-corrected chi connectivity index (χ1v) is 5.72. The standard InChI is InChI=1S/C11H20N2S/c1-11(2,3)10-8-9(6-5-7-14)13(4)12-10/h8,14H,5-7H2,1-4H3. The van der Waals surface area contributed by atoms with Gasteiger partial charge in [0.05, 0.1) is 5.69 Å². The third-order valence-corrected chi connectivity index (χ3v) is 2.65. The molecule has 0 aliphatic carbocycles. The smallest absolute Gasteiger partial charge is 0.0680 e.